The van der Waals surface area contributed by atoms with Crippen molar-refractivity contribution in [2.45, 2.75) is 38.8 Å². The van der Waals surface area contributed by atoms with Gasteiger partial charge in [-0.25, -0.2) is 9.97 Å². The lowest BCUT2D eigenvalue weighted by Crippen LogP contribution is -2.40. The Labute approximate surface area is 161 Å². The van der Waals surface area contributed by atoms with E-state index < -0.39 is 11.7 Å². The summed E-state index contributed by atoms with van der Waals surface area (Å²) in [5.74, 6) is 0.126. The van der Waals surface area contributed by atoms with Crippen LogP contribution in [0, 0.1) is 12.8 Å². The van der Waals surface area contributed by atoms with Gasteiger partial charge in [0, 0.05) is 19.3 Å². The SMILES string of the molecule is Cc1nc(N)ncc1C(=O)N1CCC[C@H](CCc2ccccc2C(F)(F)F)C1. The highest BCUT2D eigenvalue weighted by Gasteiger charge is 2.33. The zero-order chi connectivity index (χ0) is 20.3. The van der Waals surface area contributed by atoms with Gasteiger partial charge in [-0.3, -0.25) is 4.79 Å². The summed E-state index contributed by atoms with van der Waals surface area (Å²) in [7, 11) is 0. The number of piperidine rings is 1. The van der Waals surface area contributed by atoms with Gasteiger partial charge in [-0.05, 0) is 50.2 Å². The summed E-state index contributed by atoms with van der Waals surface area (Å²) in [5, 5.41) is 0. The number of rotatable bonds is 4. The Morgan fingerprint density at radius 3 is 2.79 bits per heavy atom. The number of anilines is 1. The van der Waals surface area contributed by atoms with Crippen LogP contribution >= 0.6 is 0 Å². The lowest BCUT2D eigenvalue weighted by atomic mass is 9.90. The molecule has 28 heavy (non-hydrogen) atoms. The van der Waals surface area contributed by atoms with Gasteiger partial charge in [-0.15, -0.1) is 0 Å². The zero-order valence-electron chi connectivity index (χ0n) is 15.7. The van der Waals surface area contributed by atoms with Crippen molar-refractivity contribution in [3.05, 3.63) is 52.8 Å². The third-order valence-electron chi connectivity index (χ3n) is 5.18. The minimum Gasteiger partial charge on any atom is -0.368 e. The highest BCUT2D eigenvalue weighted by Crippen LogP contribution is 2.33. The number of likely N-dealkylation sites (tertiary alicyclic amines) is 1. The molecule has 1 aromatic heterocycles. The summed E-state index contributed by atoms with van der Waals surface area (Å²) in [6.45, 7) is 2.86. The number of amides is 1. The van der Waals surface area contributed by atoms with Crippen molar-refractivity contribution in [1.82, 2.24) is 14.9 Å². The number of benzene rings is 1. The number of nitrogens with zero attached hydrogens (tertiary/aromatic N) is 3. The van der Waals surface area contributed by atoms with E-state index in [1.54, 1.807) is 17.9 Å². The van der Waals surface area contributed by atoms with E-state index in [4.69, 9.17) is 5.73 Å². The second-order valence-corrected chi connectivity index (χ2v) is 7.18. The van der Waals surface area contributed by atoms with Crippen LogP contribution in [0.2, 0.25) is 0 Å². The van der Waals surface area contributed by atoms with Crippen LogP contribution in [-0.2, 0) is 12.6 Å². The third kappa shape index (κ3) is 4.61. The Bertz CT molecular complexity index is 854. The maximum absolute atomic E-state index is 13.2. The topological polar surface area (TPSA) is 72.1 Å². The summed E-state index contributed by atoms with van der Waals surface area (Å²) in [4.78, 5) is 22.5. The average Bonchev–Trinajstić information content (AvgIpc) is 2.66. The Morgan fingerprint density at radius 2 is 2.07 bits per heavy atom. The van der Waals surface area contributed by atoms with E-state index >= 15 is 0 Å². The minimum atomic E-state index is -4.35. The number of halogens is 3. The molecule has 3 rings (SSSR count). The van der Waals surface area contributed by atoms with Crippen LogP contribution in [0.25, 0.3) is 0 Å². The van der Waals surface area contributed by atoms with Crippen molar-refractivity contribution in [3.63, 3.8) is 0 Å². The second-order valence-electron chi connectivity index (χ2n) is 7.18. The number of nitrogen functional groups attached to an aromatic ring is 1. The van der Waals surface area contributed by atoms with Crippen LogP contribution in [0.5, 0.6) is 0 Å². The zero-order valence-corrected chi connectivity index (χ0v) is 15.7. The van der Waals surface area contributed by atoms with Gasteiger partial charge in [0.15, 0.2) is 0 Å². The van der Waals surface area contributed by atoms with Crippen molar-refractivity contribution >= 4 is 11.9 Å². The van der Waals surface area contributed by atoms with Crippen molar-refractivity contribution < 1.29 is 18.0 Å². The molecule has 1 fully saturated rings. The number of aromatic nitrogens is 2. The minimum absolute atomic E-state index is 0.119. The number of nitrogens with two attached hydrogens (primary N) is 1. The van der Waals surface area contributed by atoms with E-state index in [-0.39, 0.29) is 17.8 Å². The molecular weight excluding hydrogens is 369 g/mol. The largest absolute Gasteiger partial charge is 0.416 e. The second kappa shape index (κ2) is 8.16. The molecule has 150 valence electrons. The quantitative estimate of drug-likeness (QED) is 0.857. The van der Waals surface area contributed by atoms with Gasteiger partial charge in [0.2, 0.25) is 5.95 Å². The van der Waals surface area contributed by atoms with Crippen molar-refractivity contribution in [2.75, 3.05) is 18.8 Å². The lowest BCUT2D eigenvalue weighted by Gasteiger charge is -2.33. The summed E-state index contributed by atoms with van der Waals surface area (Å²) in [5.41, 5.74) is 6.21. The average molecular weight is 392 g/mol. The van der Waals surface area contributed by atoms with E-state index in [0.717, 1.165) is 18.9 Å². The number of aryl methyl sites for hydroxylation is 2. The molecule has 1 aromatic carbocycles. The summed E-state index contributed by atoms with van der Waals surface area (Å²) in [6.07, 6.45) is -0.247. The molecule has 1 atom stereocenters. The Kier molecular flexibility index (Phi) is 5.86. The number of alkyl halides is 3. The molecule has 2 aromatic rings. The summed E-state index contributed by atoms with van der Waals surface area (Å²) in [6, 6.07) is 5.69. The van der Waals surface area contributed by atoms with Gasteiger partial charge in [0.05, 0.1) is 16.8 Å². The van der Waals surface area contributed by atoms with Crippen LogP contribution in [0.1, 0.15) is 46.4 Å². The molecule has 5 nitrogen and oxygen atoms in total. The van der Waals surface area contributed by atoms with Gasteiger partial charge >= 0.3 is 6.18 Å². The summed E-state index contributed by atoms with van der Waals surface area (Å²) < 4.78 is 39.5. The van der Waals surface area contributed by atoms with Crippen molar-refractivity contribution in [1.29, 1.82) is 0 Å². The first-order chi connectivity index (χ1) is 13.3. The molecule has 1 saturated heterocycles. The fourth-order valence-electron chi connectivity index (χ4n) is 3.72. The fourth-order valence-corrected chi connectivity index (χ4v) is 3.72. The highest BCUT2D eigenvalue weighted by atomic mass is 19.4. The van der Waals surface area contributed by atoms with Gasteiger partial charge < -0.3 is 10.6 Å². The maximum atomic E-state index is 13.2. The van der Waals surface area contributed by atoms with Crippen LogP contribution < -0.4 is 5.73 Å². The molecule has 0 radical (unpaired) electrons. The molecular formula is C20H23F3N4O. The number of carbonyl (C=O) groups is 1. The molecule has 0 unspecified atom stereocenters. The van der Waals surface area contributed by atoms with E-state index in [1.165, 1.54) is 18.3 Å². The first-order valence-electron chi connectivity index (χ1n) is 9.29. The predicted octanol–water partition coefficient (Wildman–Crippen LogP) is 3.87. The van der Waals surface area contributed by atoms with E-state index in [1.807, 2.05) is 0 Å². The lowest BCUT2D eigenvalue weighted by molar-refractivity contribution is -0.138. The van der Waals surface area contributed by atoms with Crippen LogP contribution in [0.3, 0.4) is 0 Å². The molecule has 0 bridgehead atoms. The smallest absolute Gasteiger partial charge is 0.368 e. The predicted molar refractivity (Wildman–Crippen MR) is 99.6 cm³/mol. The Balaban J connectivity index is 1.65. The van der Waals surface area contributed by atoms with Crippen LogP contribution in [0.4, 0.5) is 19.1 Å². The van der Waals surface area contributed by atoms with E-state index in [0.29, 0.717) is 42.8 Å². The van der Waals surface area contributed by atoms with E-state index in [2.05, 4.69) is 9.97 Å². The monoisotopic (exact) mass is 392 g/mol. The molecule has 2 heterocycles. The van der Waals surface area contributed by atoms with Crippen LogP contribution in [0.15, 0.2) is 30.5 Å². The third-order valence-corrected chi connectivity index (χ3v) is 5.18. The molecule has 1 aliphatic heterocycles. The first-order valence-corrected chi connectivity index (χ1v) is 9.29. The Morgan fingerprint density at radius 1 is 1.32 bits per heavy atom. The molecule has 2 N–H and O–H groups in total. The van der Waals surface area contributed by atoms with E-state index in [9.17, 15) is 18.0 Å². The molecule has 1 aliphatic rings. The number of hydrogen-bond donors (Lipinski definition) is 1. The summed E-state index contributed by atoms with van der Waals surface area (Å²) >= 11 is 0. The number of hydrogen-bond acceptors (Lipinski definition) is 4. The molecule has 8 heteroatoms. The van der Waals surface area contributed by atoms with Gasteiger partial charge in [-0.1, -0.05) is 18.2 Å². The maximum Gasteiger partial charge on any atom is 0.416 e. The molecule has 1 amide bonds. The molecule has 0 saturated carbocycles. The van der Waals surface area contributed by atoms with Gasteiger partial charge in [0.1, 0.15) is 0 Å². The standard InChI is InChI=1S/C20H23F3N4O/c1-13-16(11-25-19(24)26-13)18(28)27-10-4-5-14(12-27)8-9-15-6-2-3-7-17(15)20(21,22)23/h2-3,6-7,11,14H,4-5,8-10,12H2,1H3,(H2,24,25,26)/t14-/m1/s1. The molecule has 0 aliphatic carbocycles. The van der Waals surface area contributed by atoms with Gasteiger partial charge in [0.25, 0.3) is 5.91 Å². The Hall–Kier alpha value is -2.64. The highest BCUT2D eigenvalue weighted by molar-refractivity contribution is 5.95. The number of carbonyl (C=O) groups excluding carboxylic acids is 1. The molecule has 0 spiro atoms. The van der Waals surface area contributed by atoms with Crippen molar-refractivity contribution in [3.8, 4) is 0 Å². The van der Waals surface area contributed by atoms with Crippen LogP contribution in [-0.4, -0.2) is 33.9 Å². The van der Waals surface area contributed by atoms with Crippen molar-refractivity contribution in [2.24, 2.45) is 5.92 Å². The first kappa shape index (κ1) is 20.1. The fraction of sp³-hybridized carbons (Fsp3) is 0.450. The normalized spacial score (nSPS) is 17.6. The van der Waals surface area contributed by atoms with Gasteiger partial charge in [-0.2, -0.15) is 13.2 Å².